The van der Waals surface area contributed by atoms with Crippen LogP contribution in [0, 0.1) is 13.8 Å². The Kier molecular flexibility index (Phi) is 5.00. The van der Waals surface area contributed by atoms with Crippen molar-refractivity contribution in [2.75, 3.05) is 4.72 Å². The van der Waals surface area contributed by atoms with E-state index in [-0.39, 0.29) is 4.90 Å². The molecule has 158 valence electrons. The maximum Gasteiger partial charge on any atom is 0.263 e. The van der Waals surface area contributed by atoms with Crippen molar-refractivity contribution in [3.63, 3.8) is 0 Å². The molecule has 0 bridgehead atoms. The molecule has 0 aliphatic heterocycles. The van der Waals surface area contributed by atoms with E-state index in [0.29, 0.717) is 16.7 Å². The molecule has 0 radical (unpaired) electrons. The minimum atomic E-state index is -3.80. The summed E-state index contributed by atoms with van der Waals surface area (Å²) in [6.07, 6.45) is 2.98. The Morgan fingerprint density at radius 3 is 2.52 bits per heavy atom. The predicted octanol–water partition coefficient (Wildman–Crippen LogP) is 5.92. The summed E-state index contributed by atoms with van der Waals surface area (Å²) in [6.45, 7) is 3.86. The minimum absolute atomic E-state index is 0.224. The van der Waals surface area contributed by atoms with Gasteiger partial charge in [-0.25, -0.2) is 18.4 Å². The molecule has 1 aliphatic rings. The molecule has 0 saturated heterocycles. The molecule has 0 saturated carbocycles. The lowest BCUT2D eigenvalue weighted by atomic mass is 10.1. The van der Waals surface area contributed by atoms with Crippen LogP contribution in [0.3, 0.4) is 0 Å². The van der Waals surface area contributed by atoms with Gasteiger partial charge in [-0.2, -0.15) is 0 Å². The molecule has 8 heteroatoms. The quantitative estimate of drug-likeness (QED) is 0.402. The van der Waals surface area contributed by atoms with Gasteiger partial charge in [-0.1, -0.05) is 17.7 Å². The van der Waals surface area contributed by atoms with Gasteiger partial charge in [-0.05, 0) is 86.2 Å². The molecule has 2 heterocycles. The van der Waals surface area contributed by atoms with E-state index in [2.05, 4.69) is 9.71 Å². The van der Waals surface area contributed by atoms with Crippen LogP contribution in [0.25, 0.3) is 21.6 Å². The highest BCUT2D eigenvalue weighted by Gasteiger charge is 2.25. The van der Waals surface area contributed by atoms with Gasteiger partial charge >= 0.3 is 0 Å². The van der Waals surface area contributed by atoms with Crippen molar-refractivity contribution >= 4 is 49.0 Å². The number of aryl methyl sites for hydroxylation is 4. The van der Waals surface area contributed by atoms with Gasteiger partial charge in [0.1, 0.15) is 4.83 Å². The molecule has 31 heavy (non-hydrogen) atoms. The van der Waals surface area contributed by atoms with Gasteiger partial charge in [0.05, 0.1) is 10.3 Å². The second-order valence-corrected chi connectivity index (χ2v) is 11.0. The summed E-state index contributed by atoms with van der Waals surface area (Å²) < 4.78 is 29.2. The number of fused-ring (bicyclic) bond motifs is 3. The first-order valence-electron chi connectivity index (χ1n) is 10.00. The summed E-state index contributed by atoms with van der Waals surface area (Å²) in [7, 11) is -3.80. The number of aromatic nitrogens is 2. The predicted molar refractivity (Wildman–Crippen MR) is 127 cm³/mol. The van der Waals surface area contributed by atoms with Crippen LogP contribution >= 0.6 is 22.9 Å². The number of hydrogen-bond acceptors (Lipinski definition) is 5. The molecule has 0 amide bonds. The number of anilines is 1. The maximum atomic E-state index is 13.2. The monoisotopic (exact) mass is 469 g/mol. The van der Waals surface area contributed by atoms with Crippen LogP contribution in [0.4, 0.5) is 5.82 Å². The fourth-order valence-electron chi connectivity index (χ4n) is 3.86. The second kappa shape index (κ2) is 7.58. The molecule has 0 unspecified atom stereocenters. The van der Waals surface area contributed by atoms with E-state index in [1.54, 1.807) is 35.6 Å². The summed E-state index contributed by atoms with van der Waals surface area (Å²) in [4.78, 5) is 11.7. The number of nitrogens with zero attached hydrogens (tertiary/aromatic N) is 2. The van der Waals surface area contributed by atoms with Crippen LogP contribution in [0.5, 0.6) is 0 Å². The SMILES string of the molecule is Cc1ccc(S(=O)(=O)Nc2nc(-c3ccc(Cl)cc3)nc3sc4c(c23)CCC4)cc1C. The van der Waals surface area contributed by atoms with Crippen molar-refractivity contribution in [3.8, 4) is 11.4 Å². The number of rotatable bonds is 4. The molecule has 5 nitrogen and oxygen atoms in total. The Labute approximate surface area is 190 Å². The first-order chi connectivity index (χ1) is 14.8. The molecule has 2 aromatic carbocycles. The van der Waals surface area contributed by atoms with Crippen molar-refractivity contribution in [3.05, 3.63) is 69.1 Å². The van der Waals surface area contributed by atoms with E-state index in [0.717, 1.165) is 46.2 Å². The minimum Gasteiger partial charge on any atom is -0.263 e. The van der Waals surface area contributed by atoms with Crippen LogP contribution in [0.2, 0.25) is 5.02 Å². The zero-order valence-electron chi connectivity index (χ0n) is 17.1. The summed E-state index contributed by atoms with van der Waals surface area (Å²) in [5.74, 6) is 0.814. The van der Waals surface area contributed by atoms with Crippen molar-refractivity contribution in [1.29, 1.82) is 0 Å². The summed E-state index contributed by atoms with van der Waals surface area (Å²) in [5.41, 5.74) is 3.92. The van der Waals surface area contributed by atoms with E-state index >= 15 is 0 Å². The number of sulfonamides is 1. The number of nitrogens with one attached hydrogen (secondary N) is 1. The molecular weight excluding hydrogens is 450 g/mol. The van der Waals surface area contributed by atoms with Crippen molar-refractivity contribution < 1.29 is 8.42 Å². The van der Waals surface area contributed by atoms with E-state index in [1.807, 2.05) is 32.0 Å². The second-order valence-electron chi connectivity index (χ2n) is 7.79. The van der Waals surface area contributed by atoms with Crippen LogP contribution in [0.15, 0.2) is 47.4 Å². The van der Waals surface area contributed by atoms with Gasteiger partial charge in [-0.15, -0.1) is 11.3 Å². The molecule has 5 rings (SSSR count). The van der Waals surface area contributed by atoms with E-state index in [9.17, 15) is 8.42 Å². The van der Waals surface area contributed by atoms with Crippen molar-refractivity contribution in [2.24, 2.45) is 0 Å². The highest BCUT2D eigenvalue weighted by Crippen LogP contribution is 2.41. The van der Waals surface area contributed by atoms with E-state index in [1.165, 1.54) is 10.4 Å². The summed E-state index contributed by atoms with van der Waals surface area (Å²) in [5, 5.41) is 1.44. The van der Waals surface area contributed by atoms with Gasteiger partial charge in [0.2, 0.25) is 0 Å². The third kappa shape index (κ3) is 3.71. The fourth-order valence-corrected chi connectivity index (χ4v) is 6.35. The third-order valence-electron chi connectivity index (χ3n) is 5.69. The number of benzene rings is 2. The normalized spacial score (nSPS) is 13.5. The number of hydrogen-bond donors (Lipinski definition) is 1. The largest absolute Gasteiger partial charge is 0.263 e. The Balaban J connectivity index is 1.67. The highest BCUT2D eigenvalue weighted by molar-refractivity contribution is 7.92. The van der Waals surface area contributed by atoms with Crippen LogP contribution in [-0.2, 0) is 22.9 Å². The third-order valence-corrected chi connectivity index (χ3v) is 8.46. The zero-order valence-corrected chi connectivity index (χ0v) is 19.5. The van der Waals surface area contributed by atoms with E-state index < -0.39 is 10.0 Å². The maximum absolute atomic E-state index is 13.2. The van der Waals surface area contributed by atoms with Crippen molar-refractivity contribution in [2.45, 2.75) is 38.0 Å². The molecule has 0 fully saturated rings. The molecule has 1 N–H and O–H groups in total. The lowest BCUT2D eigenvalue weighted by Crippen LogP contribution is -2.15. The Hall–Kier alpha value is -2.48. The standard InChI is InChI=1S/C23H20ClN3O2S2/c1-13-6-11-17(12-14(13)2)31(28,29)27-22-20-18-4-3-5-19(18)30-23(20)26-21(25-22)15-7-9-16(24)10-8-15/h6-12H,3-5H2,1-2H3,(H,25,26,27). The van der Waals surface area contributed by atoms with Crippen LogP contribution in [0.1, 0.15) is 28.0 Å². The average Bonchev–Trinajstić information content (AvgIpc) is 3.31. The van der Waals surface area contributed by atoms with Crippen LogP contribution in [-0.4, -0.2) is 18.4 Å². The van der Waals surface area contributed by atoms with Crippen molar-refractivity contribution in [1.82, 2.24) is 9.97 Å². The first-order valence-corrected chi connectivity index (χ1v) is 12.7. The number of thiophene rings is 1. The molecule has 0 atom stereocenters. The molecule has 1 aliphatic carbocycles. The molecule has 2 aromatic heterocycles. The highest BCUT2D eigenvalue weighted by atomic mass is 35.5. The topological polar surface area (TPSA) is 72.0 Å². The Bertz CT molecular complexity index is 1430. The summed E-state index contributed by atoms with van der Waals surface area (Å²) >= 11 is 7.65. The molecule has 0 spiro atoms. The van der Waals surface area contributed by atoms with Gasteiger partial charge in [0, 0.05) is 15.5 Å². The lowest BCUT2D eigenvalue weighted by molar-refractivity contribution is 0.601. The smallest absolute Gasteiger partial charge is 0.263 e. The van der Waals surface area contributed by atoms with Gasteiger partial charge < -0.3 is 0 Å². The molecular formula is C23H20ClN3O2S2. The zero-order chi connectivity index (χ0) is 21.8. The molecule has 4 aromatic rings. The van der Waals surface area contributed by atoms with Crippen LogP contribution < -0.4 is 4.72 Å². The van der Waals surface area contributed by atoms with Gasteiger partial charge in [0.25, 0.3) is 10.0 Å². The Morgan fingerprint density at radius 2 is 1.77 bits per heavy atom. The summed E-state index contributed by atoms with van der Waals surface area (Å²) in [6, 6.07) is 12.4. The Morgan fingerprint density at radius 1 is 1.00 bits per heavy atom. The van der Waals surface area contributed by atoms with Gasteiger partial charge in [-0.3, -0.25) is 4.72 Å². The lowest BCUT2D eigenvalue weighted by Gasteiger charge is -2.12. The fraction of sp³-hybridized carbons (Fsp3) is 0.217. The first kappa shape index (κ1) is 20.4. The van der Waals surface area contributed by atoms with E-state index in [4.69, 9.17) is 16.6 Å². The van der Waals surface area contributed by atoms with Gasteiger partial charge in [0.15, 0.2) is 11.6 Å². The number of halogens is 1. The average molecular weight is 470 g/mol.